The Balaban J connectivity index is 1.97. The van der Waals surface area contributed by atoms with Crippen molar-refractivity contribution in [2.45, 2.75) is 19.4 Å². The lowest BCUT2D eigenvalue weighted by atomic mass is 10.1. The third-order valence-corrected chi connectivity index (χ3v) is 6.06. The zero-order valence-electron chi connectivity index (χ0n) is 14.8. The Kier molecular flexibility index (Phi) is 8.74. The molecule has 1 aliphatic heterocycles. The highest BCUT2D eigenvalue weighted by atomic mass is 35.5. The lowest BCUT2D eigenvalue weighted by molar-refractivity contribution is -0.118. The Morgan fingerprint density at radius 2 is 1.88 bits per heavy atom. The summed E-state index contributed by atoms with van der Waals surface area (Å²) in [5, 5.41) is 3.60. The number of carbonyl (C=O) groups excluding carboxylic acids is 1. The summed E-state index contributed by atoms with van der Waals surface area (Å²) in [4.78, 5) is 17.0. The maximum absolute atomic E-state index is 12.5. The molecule has 0 bridgehead atoms. The summed E-state index contributed by atoms with van der Waals surface area (Å²) in [7, 11) is 1.71. The minimum Gasteiger partial charge on any atom is -0.383 e. The highest BCUT2D eigenvalue weighted by molar-refractivity contribution is 6.50. The van der Waals surface area contributed by atoms with Crippen molar-refractivity contribution in [3.63, 3.8) is 0 Å². The number of carbonyl (C=O) groups is 1. The average Bonchev–Trinajstić information content (AvgIpc) is 2.62. The second-order valence-corrected chi connectivity index (χ2v) is 7.79. The van der Waals surface area contributed by atoms with Gasteiger partial charge in [-0.15, -0.1) is 0 Å². The van der Waals surface area contributed by atoms with Crippen molar-refractivity contribution in [3.8, 4) is 0 Å². The van der Waals surface area contributed by atoms with E-state index in [4.69, 9.17) is 51.1 Å². The van der Waals surface area contributed by atoms with Gasteiger partial charge in [0.25, 0.3) is 0 Å². The first-order valence-electron chi connectivity index (χ1n) is 8.45. The molecular formula is C17H23Cl4N3O2. The molecular weight excluding hydrogens is 420 g/mol. The molecule has 0 spiro atoms. The first-order chi connectivity index (χ1) is 12.4. The molecule has 146 valence electrons. The fourth-order valence-corrected chi connectivity index (χ4v) is 3.96. The predicted octanol–water partition coefficient (Wildman–Crippen LogP) is 4.28. The van der Waals surface area contributed by atoms with Gasteiger partial charge in [-0.05, 0) is 12.5 Å². The lowest BCUT2D eigenvalue weighted by Crippen LogP contribution is -2.54. The number of benzene rings is 1. The molecule has 1 heterocycles. The quantitative estimate of drug-likeness (QED) is 0.640. The summed E-state index contributed by atoms with van der Waals surface area (Å²) < 4.78 is 5.17. The van der Waals surface area contributed by atoms with Gasteiger partial charge in [-0.25, -0.2) is 0 Å². The van der Waals surface area contributed by atoms with Gasteiger partial charge in [0.05, 0.1) is 38.9 Å². The Morgan fingerprint density at radius 3 is 2.46 bits per heavy atom. The van der Waals surface area contributed by atoms with Crippen LogP contribution in [0.3, 0.4) is 0 Å². The smallest absolute Gasteiger partial charge is 0.238 e. The highest BCUT2D eigenvalue weighted by Gasteiger charge is 2.27. The van der Waals surface area contributed by atoms with E-state index in [1.54, 1.807) is 7.11 Å². The molecule has 0 radical (unpaired) electrons. The van der Waals surface area contributed by atoms with Crippen LogP contribution >= 0.6 is 46.4 Å². The molecule has 1 aliphatic rings. The summed E-state index contributed by atoms with van der Waals surface area (Å²) in [5.74, 6) is -0.202. The van der Waals surface area contributed by atoms with Crippen molar-refractivity contribution in [2.24, 2.45) is 0 Å². The first-order valence-corrected chi connectivity index (χ1v) is 9.96. The monoisotopic (exact) mass is 441 g/mol. The molecule has 1 saturated heterocycles. The van der Waals surface area contributed by atoms with E-state index in [2.05, 4.69) is 22.0 Å². The van der Waals surface area contributed by atoms with Crippen LogP contribution < -0.4 is 5.32 Å². The number of anilines is 1. The third kappa shape index (κ3) is 5.61. The van der Waals surface area contributed by atoms with Crippen molar-refractivity contribution in [3.05, 3.63) is 26.2 Å². The van der Waals surface area contributed by atoms with Crippen LogP contribution in [-0.2, 0) is 9.53 Å². The fraction of sp³-hybridized carbons (Fsp3) is 0.588. The Hall–Kier alpha value is -0.270. The molecule has 1 unspecified atom stereocenters. The van der Waals surface area contributed by atoms with E-state index in [0.29, 0.717) is 12.6 Å². The number of nitrogens with zero attached hydrogens (tertiary/aromatic N) is 2. The van der Waals surface area contributed by atoms with E-state index < -0.39 is 0 Å². The molecule has 1 aromatic carbocycles. The van der Waals surface area contributed by atoms with Crippen molar-refractivity contribution < 1.29 is 9.53 Å². The lowest BCUT2D eigenvalue weighted by Gasteiger charge is -2.40. The number of hydrogen-bond acceptors (Lipinski definition) is 4. The molecule has 1 atom stereocenters. The summed E-state index contributed by atoms with van der Waals surface area (Å²) >= 11 is 24.3. The Morgan fingerprint density at radius 1 is 1.23 bits per heavy atom. The van der Waals surface area contributed by atoms with Crippen LogP contribution in [0.1, 0.15) is 13.3 Å². The van der Waals surface area contributed by atoms with E-state index >= 15 is 0 Å². The van der Waals surface area contributed by atoms with Crippen LogP contribution in [-0.4, -0.2) is 68.2 Å². The summed E-state index contributed by atoms with van der Waals surface area (Å²) in [6.07, 6.45) is 1.02. The van der Waals surface area contributed by atoms with Crippen LogP contribution in [0.2, 0.25) is 20.1 Å². The summed E-state index contributed by atoms with van der Waals surface area (Å²) in [6.45, 7) is 6.56. The molecule has 2 rings (SSSR count). The van der Waals surface area contributed by atoms with Crippen molar-refractivity contribution in [1.29, 1.82) is 0 Å². The molecule has 9 heteroatoms. The van der Waals surface area contributed by atoms with Gasteiger partial charge in [0, 0.05) is 39.3 Å². The predicted molar refractivity (Wildman–Crippen MR) is 109 cm³/mol. The molecule has 26 heavy (non-hydrogen) atoms. The van der Waals surface area contributed by atoms with E-state index in [1.165, 1.54) is 6.07 Å². The van der Waals surface area contributed by atoms with Crippen LogP contribution in [0.5, 0.6) is 0 Å². The van der Waals surface area contributed by atoms with Gasteiger partial charge in [0.15, 0.2) is 0 Å². The van der Waals surface area contributed by atoms with Crippen molar-refractivity contribution >= 4 is 58.0 Å². The molecule has 1 fully saturated rings. The SMILES string of the molecule is CCC1CN(CC(=O)Nc2c(Cl)c(Cl)cc(Cl)c2Cl)CCN1CCOC. The molecule has 5 nitrogen and oxygen atoms in total. The number of ether oxygens (including phenoxy) is 1. The summed E-state index contributed by atoms with van der Waals surface area (Å²) in [6, 6.07) is 1.86. The van der Waals surface area contributed by atoms with Gasteiger partial charge in [-0.2, -0.15) is 0 Å². The maximum Gasteiger partial charge on any atom is 0.238 e. The van der Waals surface area contributed by atoms with E-state index in [1.807, 2.05) is 0 Å². The minimum absolute atomic E-state index is 0.185. The second kappa shape index (κ2) is 10.3. The van der Waals surface area contributed by atoms with Crippen molar-refractivity contribution in [2.75, 3.05) is 51.8 Å². The van der Waals surface area contributed by atoms with Crippen LogP contribution in [0.15, 0.2) is 6.07 Å². The number of nitrogens with one attached hydrogen (secondary N) is 1. The van der Waals surface area contributed by atoms with Gasteiger partial charge < -0.3 is 10.1 Å². The van der Waals surface area contributed by atoms with Gasteiger partial charge in [0.1, 0.15) is 0 Å². The first kappa shape index (κ1) is 22.0. The van der Waals surface area contributed by atoms with Gasteiger partial charge in [-0.3, -0.25) is 14.6 Å². The topological polar surface area (TPSA) is 44.8 Å². The molecule has 1 aromatic rings. The van der Waals surface area contributed by atoms with Crippen LogP contribution in [0.25, 0.3) is 0 Å². The zero-order chi connectivity index (χ0) is 19.3. The van der Waals surface area contributed by atoms with E-state index in [0.717, 1.165) is 32.6 Å². The van der Waals surface area contributed by atoms with Crippen molar-refractivity contribution in [1.82, 2.24) is 9.80 Å². The highest BCUT2D eigenvalue weighted by Crippen LogP contribution is 2.40. The largest absolute Gasteiger partial charge is 0.383 e. The Bertz CT molecular complexity index is 619. The van der Waals surface area contributed by atoms with Gasteiger partial charge in [0.2, 0.25) is 5.91 Å². The Labute approximate surface area is 174 Å². The fourth-order valence-electron chi connectivity index (χ4n) is 3.06. The normalized spacial score (nSPS) is 18.9. The second-order valence-electron chi connectivity index (χ2n) is 6.22. The van der Waals surface area contributed by atoms with E-state index in [-0.39, 0.29) is 38.2 Å². The molecule has 0 aromatic heterocycles. The average molecular weight is 443 g/mol. The minimum atomic E-state index is -0.202. The molecule has 0 aliphatic carbocycles. The van der Waals surface area contributed by atoms with Crippen LogP contribution in [0, 0.1) is 0 Å². The van der Waals surface area contributed by atoms with Gasteiger partial charge >= 0.3 is 0 Å². The third-order valence-electron chi connectivity index (χ3n) is 4.49. The summed E-state index contributed by atoms with van der Waals surface area (Å²) in [5.41, 5.74) is 0.251. The zero-order valence-corrected chi connectivity index (χ0v) is 17.9. The standard InChI is InChI=1S/C17H23Cl4N3O2/c1-3-11-9-23(4-5-24(11)6-7-26-2)10-14(25)22-17-15(20)12(18)8-13(19)16(17)21/h8,11H,3-7,9-10H2,1-2H3,(H,22,25). The molecule has 0 saturated carbocycles. The maximum atomic E-state index is 12.5. The van der Waals surface area contributed by atoms with E-state index in [9.17, 15) is 4.79 Å². The number of methoxy groups -OCH3 is 1. The number of piperazine rings is 1. The number of hydrogen-bond donors (Lipinski definition) is 1. The number of halogens is 4. The number of amides is 1. The molecule has 1 N–H and O–H groups in total. The number of rotatable bonds is 7. The van der Waals surface area contributed by atoms with Gasteiger partial charge in [-0.1, -0.05) is 53.3 Å². The van der Waals surface area contributed by atoms with Crippen LogP contribution in [0.4, 0.5) is 5.69 Å². The molecule has 1 amide bonds.